The van der Waals surface area contributed by atoms with Gasteiger partial charge in [-0.05, 0) is 85.0 Å². The summed E-state index contributed by atoms with van der Waals surface area (Å²) in [4.78, 5) is 14.8. The van der Waals surface area contributed by atoms with Crippen LogP contribution in [0.1, 0.15) is 48.4 Å². The van der Waals surface area contributed by atoms with Crippen LogP contribution in [0.15, 0.2) is 30.3 Å². The fraction of sp³-hybridized carbons (Fsp3) is 0.435. The molecule has 1 saturated carbocycles. The molecule has 142 valence electrons. The topological polar surface area (TPSA) is 32.3 Å². The summed E-state index contributed by atoms with van der Waals surface area (Å²) in [7, 11) is 0. The fourth-order valence-electron chi connectivity index (χ4n) is 4.10. The molecule has 2 aromatic carbocycles. The van der Waals surface area contributed by atoms with E-state index in [0.29, 0.717) is 6.42 Å². The van der Waals surface area contributed by atoms with Gasteiger partial charge in [0.25, 0.3) is 0 Å². The molecule has 1 N–H and O–H groups in total. The molecule has 1 aliphatic heterocycles. The third-order valence-electron chi connectivity index (χ3n) is 6.15. The Hall–Kier alpha value is -2.36. The summed E-state index contributed by atoms with van der Waals surface area (Å²) in [5.41, 5.74) is 7.14. The van der Waals surface area contributed by atoms with Gasteiger partial charge in [0.15, 0.2) is 0 Å². The monoisotopic (exact) mass is 366 g/mol. The summed E-state index contributed by atoms with van der Waals surface area (Å²) < 4.78 is 13.2. The van der Waals surface area contributed by atoms with Gasteiger partial charge in [-0.2, -0.15) is 0 Å². The summed E-state index contributed by atoms with van der Waals surface area (Å²) in [5.74, 6) is -0.0929. The van der Waals surface area contributed by atoms with Crippen molar-refractivity contribution in [1.29, 1.82) is 0 Å². The predicted molar refractivity (Wildman–Crippen MR) is 108 cm³/mol. The van der Waals surface area contributed by atoms with Crippen LogP contribution in [0, 0.1) is 25.1 Å². The maximum Gasteiger partial charge on any atom is 0.224 e. The zero-order chi connectivity index (χ0) is 19.2. The first-order valence-electron chi connectivity index (χ1n) is 9.77. The van der Waals surface area contributed by atoms with Gasteiger partial charge in [-0.15, -0.1) is 0 Å². The first kappa shape index (κ1) is 18.0. The van der Waals surface area contributed by atoms with Crippen molar-refractivity contribution < 1.29 is 9.18 Å². The molecule has 1 aliphatic carbocycles. The van der Waals surface area contributed by atoms with Crippen LogP contribution in [-0.4, -0.2) is 12.5 Å². The highest BCUT2D eigenvalue weighted by atomic mass is 19.1. The Labute approximate surface area is 160 Å². The van der Waals surface area contributed by atoms with E-state index in [1.54, 1.807) is 0 Å². The predicted octanol–water partition coefficient (Wildman–Crippen LogP) is 5.13. The normalized spacial score (nSPS) is 17.4. The smallest absolute Gasteiger partial charge is 0.224 e. The minimum atomic E-state index is -0.211. The molecule has 1 fully saturated rings. The van der Waals surface area contributed by atoms with E-state index in [1.807, 2.05) is 12.1 Å². The van der Waals surface area contributed by atoms with E-state index in [0.717, 1.165) is 54.9 Å². The molecular formula is C23H27FN2O. The number of benzene rings is 2. The van der Waals surface area contributed by atoms with Gasteiger partial charge in [-0.3, -0.25) is 4.79 Å². The van der Waals surface area contributed by atoms with Crippen molar-refractivity contribution in [2.45, 2.75) is 53.0 Å². The van der Waals surface area contributed by atoms with Crippen molar-refractivity contribution >= 4 is 17.3 Å². The molecule has 0 atom stereocenters. The number of hydrogen-bond donors (Lipinski definition) is 1. The third kappa shape index (κ3) is 3.71. The van der Waals surface area contributed by atoms with Crippen LogP contribution in [0.5, 0.6) is 0 Å². The average Bonchev–Trinajstić information content (AvgIpc) is 3.36. The summed E-state index contributed by atoms with van der Waals surface area (Å²) >= 11 is 0. The Balaban J connectivity index is 1.58. The van der Waals surface area contributed by atoms with Crippen molar-refractivity contribution in [1.82, 2.24) is 0 Å². The van der Waals surface area contributed by atoms with E-state index >= 15 is 0 Å². The summed E-state index contributed by atoms with van der Waals surface area (Å²) in [6, 6.07) is 8.92. The van der Waals surface area contributed by atoms with E-state index in [9.17, 15) is 9.18 Å². The summed E-state index contributed by atoms with van der Waals surface area (Å²) in [6.45, 7) is 8.07. The van der Waals surface area contributed by atoms with Crippen molar-refractivity contribution in [3.8, 4) is 0 Å². The average molecular weight is 366 g/mol. The lowest BCUT2D eigenvalue weighted by Crippen LogP contribution is -2.31. The second kappa shape index (κ2) is 6.66. The lowest BCUT2D eigenvalue weighted by Gasteiger charge is -2.33. The van der Waals surface area contributed by atoms with Crippen LogP contribution < -0.4 is 10.2 Å². The van der Waals surface area contributed by atoms with E-state index < -0.39 is 0 Å². The van der Waals surface area contributed by atoms with E-state index in [2.05, 4.69) is 37.1 Å². The van der Waals surface area contributed by atoms with Crippen molar-refractivity contribution in [2.75, 3.05) is 16.8 Å². The van der Waals surface area contributed by atoms with Crippen molar-refractivity contribution in [3.63, 3.8) is 0 Å². The zero-order valence-electron chi connectivity index (χ0n) is 16.4. The maximum atomic E-state index is 13.2. The number of halogens is 1. The molecule has 0 saturated heterocycles. The number of nitrogens with one attached hydrogen (secondary N) is 1. The Morgan fingerprint density at radius 3 is 2.59 bits per heavy atom. The van der Waals surface area contributed by atoms with Gasteiger partial charge >= 0.3 is 0 Å². The highest BCUT2D eigenvalue weighted by molar-refractivity contribution is 5.93. The molecule has 3 nitrogen and oxygen atoms in total. The molecule has 1 heterocycles. The number of carbonyl (C=O) groups excluding carboxylic acids is 1. The lowest BCUT2D eigenvalue weighted by molar-refractivity contribution is -0.117. The molecule has 0 radical (unpaired) electrons. The number of aryl methyl sites for hydroxylation is 1. The van der Waals surface area contributed by atoms with Crippen LogP contribution in [-0.2, 0) is 17.8 Å². The molecule has 0 aromatic heterocycles. The van der Waals surface area contributed by atoms with Gasteiger partial charge in [-0.25, -0.2) is 4.39 Å². The molecule has 2 aliphatic rings. The lowest BCUT2D eigenvalue weighted by atomic mass is 9.91. The third-order valence-corrected chi connectivity index (χ3v) is 6.15. The number of carbonyl (C=O) groups is 1. The van der Waals surface area contributed by atoms with Crippen LogP contribution in [0.4, 0.5) is 15.8 Å². The second-order valence-corrected chi connectivity index (χ2v) is 8.51. The van der Waals surface area contributed by atoms with Gasteiger partial charge in [-0.1, -0.05) is 13.0 Å². The van der Waals surface area contributed by atoms with E-state index in [1.165, 1.54) is 23.3 Å². The van der Waals surface area contributed by atoms with Gasteiger partial charge in [0.1, 0.15) is 5.82 Å². The number of fused-ring (bicyclic) bond motifs is 1. The fourth-order valence-corrected chi connectivity index (χ4v) is 4.10. The number of nitrogens with zero attached hydrogens (tertiary/aromatic N) is 1. The Morgan fingerprint density at radius 1 is 1.22 bits per heavy atom. The Kier molecular flexibility index (Phi) is 4.45. The zero-order valence-corrected chi connectivity index (χ0v) is 16.4. The maximum absolute atomic E-state index is 13.2. The molecular weight excluding hydrogens is 339 g/mol. The summed E-state index contributed by atoms with van der Waals surface area (Å²) in [6.07, 6.45) is 3.86. The molecule has 4 heteroatoms. The molecule has 2 aromatic rings. The van der Waals surface area contributed by atoms with Gasteiger partial charge in [0.05, 0.1) is 0 Å². The SMILES string of the molecule is Cc1cc2c(c(C)c1NC(=O)CC1(C)CC1)CN(c1ccc(F)cc1)CC2. The Morgan fingerprint density at radius 2 is 1.93 bits per heavy atom. The van der Waals surface area contributed by atoms with Crippen LogP contribution in [0.2, 0.25) is 0 Å². The van der Waals surface area contributed by atoms with Gasteiger partial charge in [0, 0.05) is 30.9 Å². The molecule has 0 unspecified atom stereocenters. The highest BCUT2D eigenvalue weighted by Crippen LogP contribution is 2.48. The number of hydrogen-bond acceptors (Lipinski definition) is 2. The minimum Gasteiger partial charge on any atom is -0.367 e. The van der Waals surface area contributed by atoms with E-state index in [4.69, 9.17) is 0 Å². The minimum absolute atomic E-state index is 0.118. The van der Waals surface area contributed by atoms with Crippen LogP contribution in [0.25, 0.3) is 0 Å². The van der Waals surface area contributed by atoms with Crippen molar-refractivity contribution in [2.24, 2.45) is 5.41 Å². The highest BCUT2D eigenvalue weighted by Gasteiger charge is 2.39. The molecule has 0 spiro atoms. The molecule has 1 amide bonds. The first-order chi connectivity index (χ1) is 12.8. The second-order valence-electron chi connectivity index (χ2n) is 8.51. The van der Waals surface area contributed by atoms with Crippen LogP contribution in [0.3, 0.4) is 0 Å². The largest absolute Gasteiger partial charge is 0.367 e. The molecule has 0 bridgehead atoms. The van der Waals surface area contributed by atoms with Crippen LogP contribution >= 0.6 is 0 Å². The quantitative estimate of drug-likeness (QED) is 0.813. The van der Waals surface area contributed by atoms with Gasteiger partial charge < -0.3 is 10.2 Å². The summed E-state index contributed by atoms with van der Waals surface area (Å²) in [5, 5.41) is 3.18. The molecule has 4 rings (SSSR count). The number of amides is 1. The molecule has 27 heavy (non-hydrogen) atoms. The first-order valence-corrected chi connectivity index (χ1v) is 9.77. The number of anilines is 2. The van der Waals surface area contributed by atoms with E-state index in [-0.39, 0.29) is 17.1 Å². The number of rotatable bonds is 4. The standard InChI is InChI=1S/C23H27FN2O/c1-15-12-17-8-11-26(19-6-4-18(24)5-7-19)14-20(17)16(2)22(15)25-21(27)13-23(3)9-10-23/h4-7,12H,8-11,13-14H2,1-3H3,(H,25,27). The Bertz CT molecular complexity index is 884. The van der Waals surface area contributed by atoms with Gasteiger partial charge in [0.2, 0.25) is 5.91 Å². The van der Waals surface area contributed by atoms with Crippen molar-refractivity contribution in [3.05, 3.63) is 58.4 Å².